The van der Waals surface area contributed by atoms with Crippen molar-refractivity contribution in [2.45, 2.75) is 133 Å². The molecule has 6 rings (SSSR count). The highest BCUT2D eigenvalue weighted by Gasteiger charge is 2.60. The maximum atomic E-state index is 14.3. The summed E-state index contributed by atoms with van der Waals surface area (Å²) >= 11 is 3.14. The summed E-state index contributed by atoms with van der Waals surface area (Å²) in [5.74, 6) is 1.49. The van der Waals surface area contributed by atoms with Gasteiger partial charge in [0, 0.05) is 74.0 Å². The minimum Gasteiger partial charge on any atom is -0.494 e. The van der Waals surface area contributed by atoms with Crippen molar-refractivity contribution in [3.63, 3.8) is 0 Å². The number of hydrogen-bond donors (Lipinski definition) is 2. The van der Waals surface area contributed by atoms with Crippen molar-refractivity contribution in [1.82, 2.24) is 34.5 Å². The molecule has 3 aliphatic rings. The highest BCUT2D eigenvalue weighted by atomic mass is 127. The number of halogens is 1. The number of ketones is 2. The average Bonchev–Trinajstić information content (AvgIpc) is 4.03. The van der Waals surface area contributed by atoms with Crippen LogP contribution in [0.3, 0.4) is 0 Å². The summed E-state index contributed by atoms with van der Waals surface area (Å²) in [7, 11) is 3.37. The third-order valence-corrected chi connectivity index (χ3v) is 15.0. The first-order chi connectivity index (χ1) is 30.3. The van der Waals surface area contributed by atoms with Gasteiger partial charge in [0.15, 0.2) is 21.8 Å². The van der Waals surface area contributed by atoms with E-state index >= 15 is 0 Å². The largest absolute Gasteiger partial charge is 0.494 e. The zero-order valence-electron chi connectivity index (χ0n) is 37.8. The van der Waals surface area contributed by atoms with Gasteiger partial charge in [-0.25, -0.2) is 15.6 Å². The molecule has 3 aromatic rings. The van der Waals surface area contributed by atoms with Crippen molar-refractivity contribution in [3.8, 4) is 17.0 Å². The number of aliphatic hydroxyl groups excluding tert-OH is 1. The highest BCUT2D eigenvalue weighted by molar-refractivity contribution is 14.1. The number of rotatable bonds is 13. The molecule has 3 N–H and O–H groups in total. The Morgan fingerprint density at radius 1 is 1.05 bits per heavy atom. The topological polar surface area (TPSA) is 233 Å². The van der Waals surface area contributed by atoms with Crippen molar-refractivity contribution in [1.29, 1.82) is 0 Å². The van der Waals surface area contributed by atoms with E-state index in [-0.39, 0.29) is 18.3 Å². The molecular weight excluding hydrogens is 963 g/mol. The number of aryl methyl sites for hydroxylation is 1. The first-order valence-corrected chi connectivity index (χ1v) is 23.7. The number of nitrogens with two attached hydrogens (primary N) is 1. The van der Waals surface area contributed by atoms with Crippen LogP contribution in [0, 0.1) is 23.7 Å². The number of benzene rings is 1. The standard InChI is InChI=1S/C43H61IN8O11S/c1-23-20-42(6,58-9)37(26(4)34(54)27(5)38(56)62-40(44)43(7)36(25(3)33(23)53)52(45)41(57)63-43)61-39-35(55)32(19-24(2)60-39)50(8)17-15-29-21-51(48-46-29)16-10-18-59-30-13-11-28(12-14-30)31-22-64-49-47-31/h11-14,21-27,32,35-37,39-40,55H,10,15-20,45H2,1-9H3/t23-,24-,25+,26+,27-,32+,35-,36-,37-,39+,40+,42-,43+/m1/s1. The number of Topliss-reactive ketones (excluding diaryl/α,β-unsaturated/α-hetero) is 2. The molecule has 64 heavy (non-hydrogen) atoms. The second-order valence-corrected chi connectivity index (χ2v) is 19.5. The first kappa shape index (κ1) is 49.7. The number of esters is 1. The van der Waals surface area contributed by atoms with Crippen LogP contribution in [-0.2, 0) is 51.0 Å². The Kier molecular flexibility index (Phi) is 16.2. The van der Waals surface area contributed by atoms with Crippen molar-refractivity contribution in [2.75, 3.05) is 27.3 Å². The van der Waals surface area contributed by atoms with E-state index in [9.17, 15) is 24.3 Å². The van der Waals surface area contributed by atoms with E-state index in [4.69, 9.17) is 34.3 Å². The van der Waals surface area contributed by atoms with Crippen LogP contribution in [0.4, 0.5) is 4.79 Å². The maximum Gasteiger partial charge on any atom is 0.425 e. The van der Waals surface area contributed by atoms with Gasteiger partial charge in [-0.1, -0.05) is 30.5 Å². The second-order valence-electron chi connectivity index (χ2n) is 17.8. The van der Waals surface area contributed by atoms with Gasteiger partial charge in [-0.2, -0.15) is 0 Å². The zero-order valence-corrected chi connectivity index (χ0v) is 40.8. The summed E-state index contributed by atoms with van der Waals surface area (Å²) in [5.41, 5.74) is -0.228. The summed E-state index contributed by atoms with van der Waals surface area (Å²) in [6.45, 7) is 13.3. The number of hydrazine groups is 1. The lowest BCUT2D eigenvalue weighted by Gasteiger charge is -2.47. The van der Waals surface area contributed by atoms with Gasteiger partial charge in [0.1, 0.15) is 35.3 Å². The Hall–Kier alpha value is -3.71. The molecule has 0 saturated carbocycles. The predicted octanol–water partition coefficient (Wildman–Crippen LogP) is 4.24. The smallest absolute Gasteiger partial charge is 0.425 e. The van der Waals surface area contributed by atoms with Crippen LogP contribution in [0.25, 0.3) is 11.3 Å². The molecule has 352 valence electrons. The lowest BCUT2D eigenvalue weighted by atomic mass is 9.74. The van der Waals surface area contributed by atoms with Gasteiger partial charge in [-0.05, 0) is 106 Å². The number of fused-ring (bicyclic) bond motifs is 1. The lowest BCUT2D eigenvalue weighted by Crippen LogP contribution is -2.60. The zero-order chi connectivity index (χ0) is 46.7. The van der Waals surface area contributed by atoms with E-state index < -0.39 is 87.4 Å². The molecule has 3 aliphatic heterocycles. The van der Waals surface area contributed by atoms with E-state index in [2.05, 4.69) is 19.9 Å². The SMILES string of the molecule is CO[C@]1(C)C[C@@H](C)C(=O)[C@H](C)[C@H]2N(N)C(=O)O[C@]2(C)[C@@H](I)OC(=O)[C@H](C)C(=O)[C@H](C)[C@H]1O[C@@H]1O[C@H](C)C[C@H](N(C)CCc2cn(CCCOc3ccc(-c4csnn4)cc3)nn2)[C@H]1O. The number of aliphatic hydroxyl groups is 1. The Labute approximate surface area is 391 Å². The number of aromatic nitrogens is 5. The molecule has 1 aromatic carbocycles. The van der Waals surface area contributed by atoms with Crippen LogP contribution in [0.1, 0.15) is 73.4 Å². The van der Waals surface area contributed by atoms with Crippen molar-refractivity contribution in [3.05, 3.63) is 41.5 Å². The third-order valence-electron chi connectivity index (χ3n) is 13.0. The number of carbonyl (C=O) groups is 4. The summed E-state index contributed by atoms with van der Waals surface area (Å²) in [6, 6.07) is 6.33. The summed E-state index contributed by atoms with van der Waals surface area (Å²) < 4.78 is 41.1. The highest BCUT2D eigenvalue weighted by Crippen LogP contribution is 2.43. The maximum absolute atomic E-state index is 14.3. The Bertz CT molecular complexity index is 2080. The third kappa shape index (κ3) is 10.8. The van der Waals surface area contributed by atoms with E-state index in [0.717, 1.165) is 34.1 Å². The number of cyclic esters (lactones) is 1. The van der Waals surface area contributed by atoms with E-state index in [1.807, 2.05) is 77.3 Å². The van der Waals surface area contributed by atoms with Gasteiger partial charge in [-0.15, -0.1) is 10.2 Å². The average molecular weight is 1020 g/mol. The van der Waals surface area contributed by atoms with Crippen LogP contribution >= 0.6 is 34.1 Å². The molecule has 0 bridgehead atoms. The molecule has 5 heterocycles. The van der Waals surface area contributed by atoms with Crippen LogP contribution < -0.4 is 10.6 Å². The van der Waals surface area contributed by atoms with Crippen LogP contribution in [0.15, 0.2) is 35.8 Å². The number of carbonyl (C=O) groups excluding carboxylic acids is 4. The number of nitrogens with zero attached hydrogens (tertiary/aromatic N) is 7. The van der Waals surface area contributed by atoms with Gasteiger partial charge >= 0.3 is 12.1 Å². The van der Waals surface area contributed by atoms with Crippen LogP contribution in [0.5, 0.6) is 5.75 Å². The van der Waals surface area contributed by atoms with Crippen molar-refractivity contribution < 1.29 is 52.7 Å². The molecule has 13 atom stereocenters. The number of ether oxygens (including phenoxy) is 6. The minimum absolute atomic E-state index is 0.0695. The number of likely N-dealkylation sites (N-methyl/N-ethyl adjacent to an activating group) is 1. The molecular formula is C43H61IN8O11S. The number of hydrogen-bond acceptors (Lipinski definition) is 18. The summed E-state index contributed by atoms with van der Waals surface area (Å²) in [5, 5.41) is 27.5. The molecule has 3 saturated heterocycles. The van der Waals surface area contributed by atoms with Crippen molar-refractivity contribution in [2.24, 2.45) is 29.5 Å². The monoisotopic (exact) mass is 1020 g/mol. The number of methoxy groups -OCH3 is 1. The van der Waals surface area contributed by atoms with Crippen molar-refractivity contribution >= 4 is 57.8 Å². The Morgan fingerprint density at radius 3 is 2.44 bits per heavy atom. The molecule has 19 nitrogen and oxygen atoms in total. The molecule has 2 aromatic heterocycles. The molecule has 0 radical (unpaired) electrons. The first-order valence-electron chi connectivity index (χ1n) is 21.6. The predicted molar refractivity (Wildman–Crippen MR) is 241 cm³/mol. The van der Waals surface area contributed by atoms with Gasteiger partial charge in [-0.3, -0.25) is 19.1 Å². The molecule has 3 fully saturated rings. The van der Waals surface area contributed by atoms with E-state index in [0.29, 0.717) is 32.5 Å². The molecule has 1 amide bonds. The molecule has 21 heteroatoms. The molecule has 0 unspecified atom stereocenters. The quantitative estimate of drug-likeness (QED) is 0.0464. The number of alkyl halides is 1. The second kappa shape index (κ2) is 20.9. The van der Waals surface area contributed by atoms with Crippen LogP contribution in [0.2, 0.25) is 0 Å². The Balaban J connectivity index is 1.11. The van der Waals surface area contributed by atoms with Gasteiger partial charge in [0.2, 0.25) is 0 Å². The molecule has 0 aliphatic carbocycles. The van der Waals surface area contributed by atoms with Gasteiger partial charge < -0.3 is 38.4 Å². The van der Waals surface area contributed by atoms with Gasteiger partial charge in [0.25, 0.3) is 0 Å². The van der Waals surface area contributed by atoms with Gasteiger partial charge in [0.05, 0.1) is 30.1 Å². The fraction of sp³-hybridized carbons (Fsp3) is 0.674. The Morgan fingerprint density at radius 2 is 1.77 bits per heavy atom. The molecule has 0 spiro atoms. The van der Waals surface area contributed by atoms with E-state index in [1.54, 1.807) is 39.3 Å². The lowest BCUT2D eigenvalue weighted by molar-refractivity contribution is -0.296. The fourth-order valence-electron chi connectivity index (χ4n) is 9.18. The van der Waals surface area contributed by atoms with Crippen LogP contribution in [-0.4, -0.2) is 143 Å². The summed E-state index contributed by atoms with van der Waals surface area (Å²) in [4.78, 5) is 57.0. The summed E-state index contributed by atoms with van der Waals surface area (Å²) in [6.07, 6.45) is -0.949. The number of amides is 1. The fourth-order valence-corrected chi connectivity index (χ4v) is 10.4. The minimum atomic E-state index is -1.51. The van der Waals surface area contributed by atoms with E-state index in [1.165, 1.54) is 25.6 Å². The normalized spacial score (nSPS) is 34.3.